The van der Waals surface area contributed by atoms with Gasteiger partial charge in [-0.25, -0.2) is 4.79 Å². The highest BCUT2D eigenvalue weighted by molar-refractivity contribution is 5.88. The molecular weight excluding hydrogens is 290 g/mol. The van der Waals surface area contributed by atoms with Gasteiger partial charge in [-0.15, -0.1) is 0 Å². The molecule has 23 heavy (non-hydrogen) atoms. The second kappa shape index (κ2) is 7.77. The smallest absolute Gasteiger partial charge is 0.326 e. The van der Waals surface area contributed by atoms with E-state index < -0.39 is 12.0 Å². The number of carbonyl (C=O) groups excluding carboxylic acids is 1. The van der Waals surface area contributed by atoms with E-state index in [9.17, 15) is 14.7 Å². The Morgan fingerprint density at radius 2 is 1.78 bits per heavy atom. The van der Waals surface area contributed by atoms with Gasteiger partial charge >= 0.3 is 5.97 Å². The third kappa shape index (κ3) is 4.81. The molecule has 0 saturated carbocycles. The van der Waals surface area contributed by atoms with Crippen molar-refractivity contribution in [1.29, 1.82) is 0 Å². The molecule has 0 bridgehead atoms. The largest absolute Gasteiger partial charge is 0.480 e. The summed E-state index contributed by atoms with van der Waals surface area (Å²) in [5.74, 6) is -0.788. The van der Waals surface area contributed by atoms with Crippen LogP contribution < -0.4 is 5.32 Å². The van der Waals surface area contributed by atoms with E-state index >= 15 is 0 Å². The predicted octanol–water partition coefficient (Wildman–Crippen LogP) is 3.39. The van der Waals surface area contributed by atoms with E-state index in [0.29, 0.717) is 12.3 Å². The van der Waals surface area contributed by atoms with Crippen LogP contribution in [0.1, 0.15) is 32.3 Å². The Morgan fingerprint density at radius 1 is 1.09 bits per heavy atom. The summed E-state index contributed by atoms with van der Waals surface area (Å²) in [4.78, 5) is 23.4. The van der Waals surface area contributed by atoms with Crippen LogP contribution in [0.4, 0.5) is 0 Å². The van der Waals surface area contributed by atoms with Gasteiger partial charge in [-0.1, -0.05) is 56.3 Å². The number of rotatable bonds is 7. The second-order valence-corrected chi connectivity index (χ2v) is 6.23. The molecule has 0 aliphatic rings. The molecule has 2 rings (SSSR count). The molecule has 1 atom stereocenters. The molecule has 0 aromatic heterocycles. The van der Waals surface area contributed by atoms with Crippen LogP contribution in [0, 0.1) is 5.92 Å². The molecule has 122 valence electrons. The van der Waals surface area contributed by atoms with Crippen LogP contribution >= 0.6 is 0 Å². The number of aliphatic carboxylic acids is 1. The zero-order valence-electron chi connectivity index (χ0n) is 13.6. The predicted molar refractivity (Wildman–Crippen MR) is 91.3 cm³/mol. The molecule has 0 aliphatic heterocycles. The van der Waals surface area contributed by atoms with E-state index in [-0.39, 0.29) is 12.3 Å². The molecule has 0 spiro atoms. The highest BCUT2D eigenvalue weighted by Crippen LogP contribution is 2.20. The molecule has 4 nitrogen and oxygen atoms in total. The van der Waals surface area contributed by atoms with E-state index in [2.05, 4.69) is 5.32 Å². The molecule has 0 heterocycles. The van der Waals surface area contributed by atoms with Crippen LogP contribution in [0.25, 0.3) is 10.8 Å². The van der Waals surface area contributed by atoms with Gasteiger partial charge in [0.2, 0.25) is 5.91 Å². The first-order valence-electron chi connectivity index (χ1n) is 7.96. The van der Waals surface area contributed by atoms with E-state index in [1.54, 1.807) is 0 Å². The normalized spacial score (nSPS) is 12.3. The van der Waals surface area contributed by atoms with Crippen molar-refractivity contribution in [3.05, 3.63) is 48.0 Å². The van der Waals surface area contributed by atoms with Crippen LogP contribution in [0.2, 0.25) is 0 Å². The SMILES string of the molecule is CC(C)CCC(=O)NC(Cc1cccc2ccccc12)C(=O)O. The van der Waals surface area contributed by atoms with Crippen molar-refractivity contribution < 1.29 is 14.7 Å². The maximum atomic E-state index is 11.9. The third-order valence-electron chi connectivity index (χ3n) is 3.89. The highest BCUT2D eigenvalue weighted by atomic mass is 16.4. The van der Waals surface area contributed by atoms with Gasteiger partial charge in [-0.05, 0) is 28.7 Å². The first-order valence-corrected chi connectivity index (χ1v) is 7.96. The lowest BCUT2D eigenvalue weighted by atomic mass is 9.98. The number of amides is 1. The van der Waals surface area contributed by atoms with Crippen molar-refractivity contribution in [2.75, 3.05) is 0 Å². The number of fused-ring (bicyclic) bond motifs is 1. The minimum absolute atomic E-state index is 0.202. The summed E-state index contributed by atoms with van der Waals surface area (Å²) in [6, 6.07) is 12.8. The van der Waals surface area contributed by atoms with Crippen molar-refractivity contribution in [2.45, 2.75) is 39.2 Å². The second-order valence-electron chi connectivity index (χ2n) is 6.23. The summed E-state index contributed by atoms with van der Waals surface area (Å²) in [6.45, 7) is 4.08. The van der Waals surface area contributed by atoms with E-state index in [0.717, 1.165) is 22.8 Å². The third-order valence-corrected chi connectivity index (χ3v) is 3.89. The average molecular weight is 313 g/mol. The fraction of sp³-hybridized carbons (Fsp3) is 0.368. The summed E-state index contributed by atoms with van der Waals surface area (Å²) < 4.78 is 0. The van der Waals surface area contributed by atoms with Crippen LogP contribution in [0.3, 0.4) is 0 Å². The standard InChI is InChI=1S/C19H23NO3/c1-13(2)10-11-18(21)20-17(19(22)23)12-15-8-5-7-14-6-3-4-9-16(14)15/h3-9,13,17H,10-12H2,1-2H3,(H,20,21)(H,22,23). The summed E-state index contributed by atoms with van der Waals surface area (Å²) in [6.07, 6.45) is 1.40. The minimum Gasteiger partial charge on any atom is -0.480 e. The van der Waals surface area contributed by atoms with Crippen molar-refractivity contribution in [3.63, 3.8) is 0 Å². The molecule has 2 aromatic rings. The Balaban J connectivity index is 2.12. The zero-order chi connectivity index (χ0) is 16.8. The minimum atomic E-state index is -1.00. The van der Waals surface area contributed by atoms with Gasteiger partial charge in [0.15, 0.2) is 0 Å². The lowest BCUT2D eigenvalue weighted by molar-refractivity contribution is -0.141. The monoisotopic (exact) mass is 313 g/mol. The summed E-state index contributed by atoms with van der Waals surface area (Å²) in [5.41, 5.74) is 0.930. The van der Waals surface area contributed by atoms with Gasteiger partial charge in [0.25, 0.3) is 0 Å². The molecule has 0 radical (unpaired) electrons. The van der Waals surface area contributed by atoms with E-state index in [1.807, 2.05) is 56.3 Å². The Kier molecular flexibility index (Phi) is 5.74. The number of benzene rings is 2. The molecule has 4 heteroatoms. The lowest BCUT2D eigenvalue weighted by Crippen LogP contribution is -2.42. The van der Waals surface area contributed by atoms with Gasteiger partial charge in [0, 0.05) is 12.8 Å². The highest BCUT2D eigenvalue weighted by Gasteiger charge is 2.21. The van der Waals surface area contributed by atoms with Crippen molar-refractivity contribution in [2.24, 2.45) is 5.92 Å². The number of carboxylic acid groups (broad SMARTS) is 1. The summed E-state index contributed by atoms with van der Waals surface area (Å²) in [7, 11) is 0. The molecule has 1 amide bonds. The molecule has 0 saturated heterocycles. The number of hydrogen-bond acceptors (Lipinski definition) is 2. The van der Waals surface area contributed by atoms with Crippen LogP contribution in [0.15, 0.2) is 42.5 Å². The quantitative estimate of drug-likeness (QED) is 0.823. The molecular formula is C19H23NO3. The Labute approximate surface area is 136 Å². The Hall–Kier alpha value is -2.36. The number of nitrogens with one attached hydrogen (secondary N) is 1. The van der Waals surface area contributed by atoms with Gasteiger partial charge in [0.05, 0.1) is 0 Å². The van der Waals surface area contributed by atoms with Crippen LogP contribution in [0.5, 0.6) is 0 Å². The van der Waals surface area contributed by atoms with Gasteiger partial charge in [-0.3, -0.25) is 4.79 Å². The van der Waals surface area contributed by atoms with Gasteiger partial charge in [0.1, 0.15) is 6.04 Å². The maximum absolute atomic E-state index is 11.9. The van der Waals surface area contributed by atoms with Crippen molar-refractivity contribution in [1.82, 2.24) is 5.32 Å². The average Bonchev–Trinajstić information content (AvgIpc) is 2.52. The number of hydrogen-bond donors (Lipinski definition) is 2. The first-order chi connectivity index (χ1) is 11.0. The topological polar surface area (TPSA) is 66.4 Å². The van der Waals surface area contributed by atoms with Crippen molar-refractivity contribution >= 4 is 22.6 Å². The molecule has 2 N–H and O–H groups in total. The number of carbonyl (C=O) groups is 2. The molecule has 1 unspecified atom stereocenters. The summed E-state index contributed by atoms with van der Waals surface area (Å²) >= 11 is 0. The van der Waals surface area contributed by atoms with Crippen LogP contribution in [-0.2, 0) is 16.0 Å². The fourth-order valence-corrected chi connectivity index (χ4v) is 2.58. The van der Waals surface area contributed by atoms with E-state index in [4.69, 9.17) is 0 Å². The van der Waals surface area contributed by atoms with E-state index in [1.165, 1.54) is 0 Å². The summed E-state index contributed by atoms with van der Waals surface area (Å²) in [5, 5.41) is 14.2. The number of carboxylic acids is 1. The molecule has 2 aromatic carbocycles. The Morgan fingerprint density at radius 3 is 2.48 bits per heavy atom. The van der Waals surface area contributed by atoms with Gasteiger partial charge < -0.3 is 10.4 Å². The Bertz CT molecular complexity index is 689. The molecule has 0 fully saturated rings. The maximum Gasteiger partial charge on any atom is 0.326 e. The zero-order valence-corrected chi connectivity index (χ0v) is 13.6. The van der Waals surface area contributed by atoms with Gasteiger partial charge in [-0.2, -0.15) is 0 Å². The lowest BCUT2D eigenvalue weighted by Gasteiger charge is -2.16. The van der Waals surface area contributed by atoms with Crippen molar-refractivity contribution in [3.8, 4) is 0 Å². The molecule has 0 aliphatic carbocycles. The fourth-order valence-electron chi connectivity index (χ4n) is 2.58. The van der Waals surface area contributed by atoms with Crippen LogP contribution in [-0.4, -0.2) is 23.0 Å². The first kappa shape index (κ1) is 17.0.